The third-order valence-corrected chi connectivity index (χ3v) is 4.52. The lowest BCUT2D eigenvalue weighted by Gasteiger charge is -2.16. The summed E-state index contributed by atoms with van der Waals surface area (Å²) in [7, 11) is 0. The largest absolute Gasteiger partial charge is 0.492 e. The van der Waals surface area contributed by atoms with Gasteiger partial charge in [0.15, 0.2) is 0 Å². The van der Waals surface area contributed by atoms with E-state index >= 15 is 0 Å². The molecule has 2 heterocycles. The number of nitrogens with zero attached hydrogens (tertiary/aromatic N) is 4. The van der Waals surface area contributed by atoms with Gasteiger partial charge in [-0.2, -0.15) is 5.10 Å². The van der Waals surface area contributed by atoms with E-state index in [2.05, 4.69) is 27.2 Å². The number of hydrogen-bond acceptors (Lipinski definition) is 5. The van der Waals surface area contributed by atoms with Crippen LogP contribution in [-0.4, -0.2) is 51.8 Å². The van der Waals surface area contributed by atoms with Crippen LogP contribution in [0.2, 0.25) is 0 Å². The molecule has 0 radical (unpaired) electrons. The van der Waals surface area contributed by atoms with Crippen molar-refractivity contribution in [1.82, 2.24) is 19.7 Å². The second-order valence-corrected chi connectivity index (χ2v) is 6.61. The topological polar surface area (TPSA) is 72.3 Å². The number of ether oxygens (including phenoxy) is 1. The van der Waals surface area contributed by atoms with E-state index < -0.39 is 6.04 Å². The number of hydrogen-bond donors (Lipinski definition) is 1. The molecule has 1 aromatic carbocycles. The zero-order valence-corrected chi connectivity index (χ0v) is 14.8. The number of aromatic nitrogens is 3. The fourth-order valence-corrected chi connectivity index (χ4v) is 2.94. The number of benzene rings is 1. The lowest BCUT2D eigenvalue weighted by Crippen LogP contribution is -2.26. The molecule has 2 aromatic rings. The van der Waals surface area contributed by atoms with Gasteiger partial charge in [-0.25, -0.2) is 9.67 Å². The Morgan fingerprint density at radius 1 is 1.40 bits per heavy atom. The maximum Gasteiger partial charge on any atom is 0.249 e. The molecule has 0 bridgehead atoms. The van der Waals surface area contributed by atoms with Crippen LogP contribution in [0.1, 0.15) is 26.3 Å². The SMILES string of the molecule is CC1CCN(CCOc2ccc(NC(=O)C(C)n3cncn3)cc2)C1. The first kappa shape index (κ1) is 17.4. The van der Waals surface area contributed by atoms with Gasteiger partial charge in [0.1, 0.15) is 31.1 Å². The number of nitrogens with one attached hydrogen (secondary N) is 1. The highest BCUT2D eigenvalue weighted by Gasteiger charge is 2.18. The summed E-state index contributed by atoms with van der Waals surface area (Å²) in [4.78, 5) is 18.5. The summed E-state index contributed by atoms with van der Waals surface area (Å²) in [6, 6.07) is 7.03. The van der Waals surface area contributed by atoms with Gasteiger partial charge in [-0.3, -0.25) is 9.69 Å². The Bertz CT molecular complexity index is 671. The summed E-state index contributed by atoms with van der Waals surface area (Å²) in [5.74, 6) is 1.47. The van der Waals surface area contributed by atoms with Crippen molar-refractivity contribution in [3.63, 3.8) is 0 Å². The standard InChI is InChI=1S/C18H25N5O2/c1-14-7-8-22(11-14)9-10-25-17-5-3-16(4-6-17)21-18(24)15(2)23-13-19-12-20-23/h3-6,12-15H,7-11H2,1-2H3,(H,21,24). The number of carbonyl (C=O) groups excluding carboxylic acids is 1. The molecule has 1 amide bonds. The summed E-state index contributed by atoms with van der Waals surface area (Å²) in [6.07, 6.45) is 4.22. The van der Waals surface area contributed by atoms with Gasteiger partial charge in [-0.05, 0) is 50.1 Å². The molecule has 3 rings (SSSR count). The number of likely N-dealkylation sites (tertiary alicyclic amines) is 1. The van der Waals surface area contributed by atoms with Crippen LogP contribution in [0.15, 0.2) is 36.9 Å². The number of carbonyl (C=O) groups is 1. The number of amides is 1. The third kappa shape index (κ3) is 4.79. The quantitative estimate of drug-likeness (QED) is 0.834. The van der Waals surface area contributed by atoms with Crippen LogP contribution < -0.4 is 10.1 Å². The van der Waals surface area contributed by atoms with Gasteiger partial charge in [0, 0.05) is 18.8 Å². The average Bonchev–Trinajstić information content (AvgIpc) is 3.27. The Kier molecular flexibility index (Phi) is 5.65. The van der Waals surface area contributed by atoms with E-state index in [9.17, 15) is 4.79 Å². The van der Waals surface area contributed by atoms with Crippen molar-refractivity contribution in [2.45, 2.75) is 26.3 Å². The summed E-state index contributed by atoms with van der Waals surface area (Å²) in [6.45, 7) is 8.04. The number of anilines is 1. The van der Waals surface area contributed by atoms with E-state index in [1.807, 2.05) is 24.3 Å². The van der Waals surface area contributed by atoms with Crippen LogP contribution in [0.3, 0.4) is 0 Å². The summed E-state index contributed by atoms with van der Waals surface area (Å²) < 4.78 is 7.31. The zero-order chi connectivity index (χ0) is 17.6. The molecule has 0 spiro atoms. The second-order valence-electron chi connectivity index (χ2n) is 6.61. The zero-order valence-electron chi connectivity index (χ0n) is 14.8. The highest BCUT2D eigenvalue weighted by atomic mass is 16.5. The van der Waals surface area contributed by atoms with Gasteiger partial charge in [0.05, 0.1) is 0 Å². The van der Waals surface area contributed by atoms with Crippen LogP contribution >= 0.6 is 0 Å². The van der Waals surface area contributed by atoms with Gasteiger partial charge in [0.25, 0.3) is 0 Å². The molecule has 134 valence electrons. The lowest BCUT2D eigenvalue weighted by atomic mass is 10.2. The Labute approximate surface area is 148 Å². The van der Waals surface area contributed by atoms with Gasteiger partial charge < -0.3 is 10.1 Å². The predicted octanol–water partition coefficient (Wildman–Crippen LogP) is 2.20. The predicted molar refractivity (Wildman–Crippen MR) is 95.5 cm³/mol. The van der Waals surface area contributed by atoms with Crippen molar-refractivity contribution < 1.29 is 9.53 Å². The molecule has 2 unspecified atom stereocenters. The fraction of sp³-hybridized carbons (Fsp3) is 0.500. The molecule has 2 atom stereocenters. The molecular weight excluding hydrogens is 318 g/mol. The molecule has 1 aliphatic heterocycles. The molecule has 1 aliphatic rings. The minimum atomic E-state index is -0.415. The monoisotopic (exact) mass is 343 g/mol. The molecule has 1 N–H and O–H groups in total. The summed E-state index contributed by atoms with van der Waals surface area (Å²) in [5.41, 5.74) is 0.734. The molecule has 7 nitrogen and oxygen atoms in total. The molecular formula is C18H25N5O2. The molecule has 7 heteroatoms. The van der Waals surface area contributed by atoms with Crippen LogP contribution in [-0.2, 0) is 4.79 Å². The smallest absolute Gasteiger partial charge is 0.249 e. The molecule has 0 aliphatic carbocycles. The molecule has 1 aromatic heterocycles. The van der Waals surface area contributed by atoms with Crippen LogP contribution in [0, 0.1) is 5.92 Å². The highest BCUT2D eigenvalue weighted by molar-refractivity contribution is 5.93. The van der Waals surface area contributed by atoms with Gasteiger partial charge in [-0.15, -0.1) is 0 Å². The third-order valence-electron chi connectivity index (χ3n) is 4.52. The van der Waals surface area contributed by atoms with E-state index in [0.717, 1.165) is 30.4 Å². The minimum absolute atomic E-state index is 0.137. The Balaban J connectivity index is 1.44. The average molecular weight is 343 g/mol. The van der Waals surface area contributed by atoms with Crippen LogP contribution in [0.5, 0.6) is 5.75 Å². The first-order valence-electron chi connectivity index (χ1n) is 8.72. The summed E-state index contributed by atoms with van der Waals surface area (Å²) >= 11 is 0. The van der Waals surface area contributed by atoms with E-state index in [4.69, 9.17) is 4.74 Å². The van der Waals surface area contributed by atoms with E-state index in [-0.39, 0.29) is 5.91 Å². The van der Waals surface area contributed by atoms with Crippen molar-refractivity contribution in [3.05, 3.63) is 36.9 Å². The van der Waals surface area contributed by atoms with E-state index in [1.54, 1.807) is 6.92 Å². The van der Waals surface area contributed by atoms with Gasteiger partial charge in [0.2, 0.25) is 5.91 Å². The van der Waals surface area contributed by atoms with Crippen molar-refractivity contribution in [3.8, 4) is 5.75 Å². The first-order valence-corrected chi connectivity index (χ1v) is 8.72. The fourth-order valence-electron chi connectivity index (χ4n) is 2.94. The highest BCUT2D eigenvalue weighted by Crippen LogP contribution is 2.18. The summed E-state index contributed by atoms with van der Waals surface area (Å²) in [5, 5.41) is 6.86. The molecule has 25 heavy (non-hydrogen) atoms. The molecule has 1 fully saturated rings. The van der Waals surface area contributed by atoms with Crippen LogP contribution in [0.25, 0.3) is 0 Å². The van der Waals surface area contributed by atoms with Crippen molar-refractivity contribution >= 4 is 11.6 Å². The van der Waals surface area contributed by atoms with E-state index in [1.165, 1.54) is 30.3 Å². The Morgan fingerprint density at radius 3 is 2.84 bits per heavy atom. The minimum Gasteiger partial charge on any atom is -0.492 e. The maximum atomic E-state index is 12.2. The lowest BCUT2D eigenvalue weighted by molar-refractivity contribution is -0.119. The Morgan fingerprint density at radius 2 is 2.20 bits per heavy atom. The normalized spacial score (nSPS) is 18.9. The van der Waals surface area contributed by atoms with Crippen LogP contribution in [0.4, 0.5) is 5.69 Å². The Hall–Kier alpha value is -2.41. The second kappa shape index (κ2) is 8.11. The van der Waals surface area contributed by atoms with Gasteiger partial charge in [-0.1, -0.05) is 6.92 Å². The van der Waals surface area contributed by atoms with E-state index in [0.29, 0.717) is 6.61 Å². The first-order chi connectivity index (χ1) is 12.1. The molecule has 1 saturated heterocycles. The molecule has 0 saturated carbocycles. The van der Waals surface area contributed by atoms with Gasteiger partial charge >= 0.3 is 0 Å². The maximum absolute atomic E-state index is 12.2. The van der Waals surface area contributed by atoms with Crippen molar-refractivity contribution in [2.75, 3.05) is 31.6 Å². The van der Waals surface area contributed by atoms with Crippen molar-refractivity contribution in [2.24, 2.45) is 5.92 Å². The number of rotatable bonds is 7. The van der Waals surface area contributed by atoms with Crippen molar-refractivity contribution in [1.29, 1.82) is 0 Å².